The molecule has 8 heteroatoms. The number of alkyl halides is 3. The Kier molecular flexibility index (Phi) is 6.98. The molecule has 0 saturated carbocycles. The normalized spacial score (nSPS) is 14.1. The smallest absolute Gasteiger partial charge is 0.475 e. The van der Waals surface area contributed by atoms with Crippen LogP contribution in [0.4, 0.5) is 13.2 Å². The Balaban J connectivity index is 0.000000344. The molecule has 1 fully saturated rings. The minimum absolute atomic E-state index is 0.920. The summed E-state index contributed by atoms with van der Waals surface area (Å²) in [5, 5.41) is 7.12. The number of hydrogen-bond acceptors (Lipinski definition) is 3. The van der Waals surface area contributed by atoms with Crippen LogP contribution in [0.2, 0.25) is 0 Å². The highest BCUT2D eigenvalue weighted by molar-refractivity contribution is 5.80. The number of fused-ring (bicyclic) bond motifs is 1. The van der Waals surface area contributed by atoms with Gasteiger partial charge in [-0.2, -0.15) is 13.2 Å². The van der Waals surface area contributed by atoms with Crippen LogP contribution in [0.25, 0.3) is 33.5 Å². The average Bonchev–Trinajstić information content (AvgIpc) is 3.49. The molecule has 5 nitrogen and oxygen atoms in total. The summed E-state index contributed by atoms with van der Waals surface area (Å²) in [5.74, 6) is -1.84. The van der Waals surface area contributed by atoms with Gasteiger partial charge in [-0.05, 0) is 60.8 Å². The molecule has 1 saturated heterocycles. The van der Waals surface area contributed by atoms with Crippen LogP contribution in [-0.4, -0.2) is 45.2 Å². The number of aromatic amines is 1. The van der Waals surface area contributed by atoms with Gasteiger partial charge < -0.3 is 10.1 Å². The van der Waals surface area contributed by atoms with Crippen molar-refractivity contribution in [2.24, 2.45) is 0 Å². The Morgan fingerprint density at radius 3 is 2.21 bits per heavy atom. The van der Waals surface area contributed by atoms with E-state index >= 15 is 0 Å². The summed E-state index contributed by atoms with van der Waals surface area (Å²) in [6, 6.07) is 25.8. The van der Waals surface area contributed by atoms with Gasteiger partial charge in [0.2, 0.25) is 0 Å². The van der Waals surface area contributed by atoms with E-state index in [1.54, 1.807) is 0 Å². The molecule has 5 rings (SSSR count). The Bertz CT molecular complexity index is 1230. The highest BCUT2D eigenvalue weighted by atomic mass is 19.4. The molecule has 0 spiro atoms. The van der Waals surface area contributed by atoms with Crippen molar-refractivity contribution >= 4 is 17.0 Å². The number of carboxylic acid groups (broad SMARTS) is 1. The number of carbonyl (C=O) groups is 1. The lowest BCUT2D eigenvalue weighted by molar-refractivity contribution is -0.192. The summed E-state index contributed by atoms with van der Waals surface area (Å²) >= 11 is 0. The van der Waals surface area contributed by atoms with Crippen molar-refractivity contribution in [1.82, 2.24) is 14.9 Å². The SMILES string of the molecule is O=C(O)C(F)(F)F.c1cc(-c2ccc(CN3CCCC3)cc2)cc(-c2nc3ccccc3[nH]2)c1. The second-order valence-electron chi connectivity index (χ2n) is 8.17. The van der Waals surface area contributed by atoms with Gasteiger partial charge in [0.1, 0.15) is 5.82 Å². The second kappa shape index (κ2) is 10.1. The van der Waals surface area contributed by atoms with Gasteiger partial charge in [0, 0.05) is 12.1 Å². The van der Waals surface area contributed by atoms with Gasteiger partial charge in [0.05, 0.1) is 11.0 Å². The molecule has 0 unspecified atom stereocenters. The third kappa shape index (κ3) is 5.82. The average molecular weight is 467 g/mol. The van der Waals surface area contributed by atoms with E-state index in [2.05, 4.69) is 64.5 Å². The molecule has 0 atom stereocenters. The summed E-state index contributed by atoms with van der Waals surface area (Å²) in [5.41, 5.74) is 7.06. The number of likely N-dealkylation sites (tertiary alicyclic amines) is 1. The quantitative estimate of drug-likeness (QED) is 0.379. The maximum absolute atomic E-state index is 10.6. The number of aliphatic carboxylic acids is 1. The van der Waals surface area contributed by atoms with Crippen LogP contribution in [0.15, 0.2) is 72.8 Å². The lowest BCUT2D eigenvalue weighted by Gasteiger charge is -2.14. The number of halogens is 3. The third-order valence-electron chi connectivity index (χ3n) is 5.66. The van der Waals surface area contributed by atoms with Crippen molar-refractivity contribution in [1.29, 1.82) is 0 Å². The van der Waals surface area contributed by atoms with Crippen LogP contribution in [0.1, 0.15) is 18.4 Å². The number of carboxylic acids is 1. The van der Waals surface area contributed by atoms with Gasteiger partial charge in [0.25, 0.3) is 0 Å². The molecule has 3 aromatic carbocycles. The predicted molar refractivity (Wildman–Crippen MR) is 125 cm³/mol. The molecular weight excluding hydrogens is 443 g/mol. The van der Waals surface area contributed by atoms with Crippen LogP contribution in [0.3, 0.4) is 0 Å². The molecule has 1 aliphatic heterocycles. The lowest BCUT2D eigenvalue weighted by atomic mass is 10.0. The Labute approximate surface area is 194 Å². The highest BCUT2D eigenvalue weighted by Crippen LogP contribution is 2.27. The molecule has 0 bridgehead atoms. The number of benzene rings is 3. The van der Waals surface area contributed by atoms with E-state index < -0.39 is 12.1 Å². The zero-order chi connectivity index (χ0) is 24.1. The summed E-state index contributed by atoms with van der Waals surface area (Å²) in [6.45, 7) is 3.54. The van der Waals surface area contributed by atoms with E-state index in [1.807, 2.05) is 18.2 Å². The maximum Gasteiger partial charge on any atom is 0.490 e. The molecule has 1 aromatic heterocycles. The number of H-pyrrole nitrogens is 1. The summed E-state index contributed by atoms with van der Waals surface area (Å²) < 4.78 is 31.7. The Hall–Kier alpha value is -3.65. The fourth-order valence-corrected chi connectivity index (χ4v) is 3.94. The number of nitrogens with zero attached hydrogens (tertiary/aromatic N) is 2. The topological polar surface area (TPSA) is 69.2 Å². The molecule has 1 aliphatic rings. The summed E-state index contributed by atoms with van der Waals surface area (Å²) in [7, 11) is 0. The molecular formula is C26H24F3N3O2. The largest absolute Gasteiger partial charge is 0.490 e. The molecule has 2 heterocycles. The zero-order valence-electron chi connectivity index (χ0n) is 18.3. The molecule has 4 aromatic rings. The Morgan fingerprint density at radius 2 is 1.56 bits per heavy atom. The fraction of sp³-hybridized carbons (Fsp3) is 0.231. The molecule has 0 amide bonds. The van der Waals surface area contributed by atoms with E-state index in [0.29, 0.717) is 0 Å². The number of hydrogen-bond donors (Lipinski definition) is 2. The van der Waals surface area contributed by atoms with Crippen LogP contribution >= 0.6 is 0 Å². The second-order valence-corrected chi connectivity index (χ2v) is 8.17. The Morgan fingerprint density at radius 1 is 0.912 bits per heavy atom. The van der Waals surface area contributed by atoms with Gasteiger partial charge in [-0.3, -0.25) is 4.90 Å². The molecule has 0 radical (unpaired) electrons. The van der Waals surface area contributed by atoms with Crippen molar-refractivity contribution in [2.45, 2.75) is 25.6 Å². The van der Waals surface area contributed by atoms with Crippen molar-refractivity contribution in [3.63, 3.8) is 0 Å². The number of aromatic nitrogens is 2. The monoisotopic (exact) mass is 467 g/mol. The maximum atomic E-state index is 10.6. The number of nitrogens with one attached hydrogen (secondary N) is 1. The number of rotatable bonds is 4. The van der Waals surface area contributed by atoms with Crippen LogP contribution in [0.5, 0.6) is 0 Å². The first-order valence-corrected chi connectivity index (χ1v) is 11.0. The van der Waals surface area contributed by atoms with Crippen molar-refractivity contribution < 1.29 is 23.1 Å². The minimum atomic E-state index is -5.08. The van der Waals surface area contributed by atoms with E-state index in [9.17, 15) is 13.2 Å². The van der Waals surface area contributed by atoms with Gasteiger partial charge in [-0.15, -0.1) is 0 Å². The fourth-order valence-electron chi connectivity index (χ4n) is 3.94. The lowest BCUT2D eigenvalue weighted by Crippen LogP contribution is -2.21. The standard InChI is InChI=1S/C24H23N3.C2HF3O2/c1-2-9-23-22(8-1)25-24(26-23)21-7-5-6-20(16-21)19-12-10-18(11-13-19)17-27-14-3-4-15-27;3-2(4,5)1(6)7/h1-2,5-13,16H,3-4,14-15,17H2,(H,25,26);(H,6,7). The van der Waals surface area contributed by atoms with Crippen LogP contribution < -0.4 is 0 Å². The van der Waals surface area contributed by atoms with E-state index in [0.717, 1.165) is 29.0 Å². The zero-order valence-corrected chi connectivity index (χ0v) is 18.3. The van der Waals surface area contributed by atoms with Gasteiger partial charge in [-0.1, -0.05) is 54.6 Å². The molecule has 2 N–H and O–H groups in total. The molecule has 176 valence electrons. The van der Waals surface area contributed by atoms with Crippen LogP contribution in [0, 0.1) is 0 Å². The third-order valence-corrected chi connectivity index (χ3v) is 5.66. The first kappa shape index (κ1) is 23.5. The van der Waals surface area contributed by atoms with Crippen molar-refractivity contribution in [3.05, 3.63) is 78.4 Å². The van der Waals surface area contributed by atoms with Crippen molar-refractivity contribution in [3.8, 4) is 22.5 Å². The number of para-hydroxylation sites is 2. The van der Waals surface area contributed by atoms with Crippen LogP contribution in [-0.2, 0) is 11.3 Å². The van der Waals surface area contributed by atoms with Gasteiger partial charge in [-0.25, -0.2) is 9.78 Å². The van der Waals surface area contributed by atoms with Crippen molar-refractivity contribution in [2.75, 3.05) is 13.1 Å². The minimum Gasteiger partial charge on any atom is -0.475 e. The molecule has 0 aliphatic carbocycles. The van der Waals surface area contributed by atoms with Gasteiger partial charge in [0.15, 0.2) is 0 Å². The predicted octanol–water partition coefficient (Wildman–Crippen LogP) is 6.13. The van der Waals surface area contributed by atoms with E-state index in [1.165, 1.54) is 42.6 Å². The summed E-state index contributed by atoms with van der Waals surface area (Å²) in [6.07, 6.45) is -2.40. The van der Waals surface area contributed by atoms with Gasteiger partial charge >= 0.3 is 12.1 Å². The summed E-state index contributed by atoms with van der Waals surface area (Å²) in [4.78, 5) is 19.6. The highest BCUT2D eigenvalue weighted by Gasteiger charge is 2.38. The van der Waals surface area contributed by atoms with E-state index in [-0.39, 0.29) is 0 Å². The first-order chi connectivity index (χ1) is 16.3. The van der Waals surface area contributed by atoms with E-state index in [4.69, 9.17) is 14.9 Å². The first-order valence-electron chi connectivity index (χ1n) is 11.0. The molecule has 34 heavy (non-hydrogen) atoms. The number of imidazole rings is 1.